The molecule has 1 amide bonds. The molecule has 3 heterocycles. The van der Waals surface area contributed by atoms with Crippen LogP contribution in [0.15, 0.2) is 24.9 Å². The average molecular weight is 510 g/mol. The quantitative estimate of drug-likeness (QED) is 0.421. The van der Waals surface area contributed by atoms with E-state index in [-0.39, 0.29) is 6.04 Å². The lowest BCUT2D eigenvalue weighted by molar-refractivity contribution is -0.134. The zero-order valence-electron chi connectivity index (χ0n) is 22.7. The Bertz CT molecular complexity index is 1270. The molecule has 3 saturated carbocycles. The molecule has 0 bridgehead atoms. The lowest BCUT2D eigenvalue weighted by Gasteiger charge is -2.43. The second-order valence-corrected chi connectivity index (χ2v) is 11.9. The van der Waals surface area contributed by atoms with Crippen LogP contribution in [0, 0.1) is 30.1 Å². The van der Waals surface area contributed by atoms with Crippen molar-refractivity contribution in [2.45, 2.75) is 83.1 Å². The maximum absolute atomic E-state index is 13.4. The van der Waals surface area contributed by atoms with Gasteiger partial charge >= 0.3 is 0 Å². The highest BCUT2D eigenvalue weighted by Crippen LogP contribution is 2.47. The minimum atomic E-state index is 0.230. The molecule has 198 valence electrons. The van der Waals surface area contributed by atoms with Crippen molar-refractivity contribution in [1.29, 1.82) is 5.26 Å². The zero-order valence-corrected chi connectivity index (χ0v) is 22.7. The molecule has 2 aromatic heterocycles. The van der Waals surface area contributed by atoms with E-state index in [1.165, 1.54) is 38.5 Å². The van der Waals surface area contributed by atoms with Crippen molar-refractivity contribution >= 4 is 17.8 Å². The maximum atomic E-state index is 13.4. The minimum Gasteiger partial charge on any atom is -0.352 e. The van der Waals surface area contributed by atoms with Gasteiger partial charge in [0, 0.05) is 43.7 Å². The first-order valence-corrected chi connectivity index (χ1v) is 14.6. The van der Waals surface area contributed by atoms with E-state index in [0.717, 1.165) is 78.7 Å². The highest BCUT2D eigenvalue weighted by molar-refractivity contribution is 5.79. The molecule has 6 nitrogen and oxygen atoms in total. The number of amides is 1. The number of anilines is 1. The predicted octanol–water partition coefficient (Wildman–Crippen LogP) is 6.24. The number of nitrogens with zero attached hydrogens (tertiary/aromatic N) is 5. The van der Waals surface area contributed by atoms with E-state index in [1.807, 2.05) is 18.3 Å². The summed E-state index contributed by atoms with van der Waals surface area (Å²) in [5, 5.41) is 10.3. The molecule has 1 atom stereocenters. The van der Waals surface area contributed by atoms with Crippen molar-refractivity contribution in [2.75, 3.05) is 24.5 Å². The lowest BCUT2D eigenvalue weighted by atomic mass is 9.93. The van der Waals surface area contributed by atoms with Crippen LogP contribution in [0.5, 0.6) is 0 Å². The van der Waals surface area contributed by atoms with Gasteiger partial charge in [-0.05, 0) is 80.2 Å². The summed E-state index contributed by atoms with van der Waals surface area (Å²) in [5.41, 5.74) is 5.73. The molecular formula is C32H39N5O. The fourth-order valence-corrected chi connectivity index (χ4v) is 6.77. The molecule has 4 aliphatic rings. The molecule has 0 spiro atoms. The fraction of sp³-hybridized carbons (Fsp3) is 0.562. The van der Waals surface area contributed by atoms with Crippen LogP contribution in [0.25, 0.3) is 17.2 Å². The molecule has 4 fully saturated rings. The molecule has 0 aromatic carbocycles. The van der Waals surface area contributed by atoms with Gasteiger partial charge < -0.3 is 9.80 Å². The summed E-state index contributed by atoms with van der Waals surface area (Å²) in [4.78, 5) is 27.5. The second kappa shape index (κ2) is 10.5. The SMILES string of the molecule is C=Cc1cc(-c2c(C3CC3)nc(N3CCN(C(=O)CCC4CCCC4)[C@H](C4CC4)C3)c(C#N)c2C)ccn1. The summed E-state index contributed by atoms with van der Waals surface area (Å²) >= 11 is 0. The maximum Gasteiger partial charge on any atom is 0.222 e. The van der Waals surface area contributed by atoms with Crippen molar-refractivity contribution in [3.8, 4) is 17.2 Å². The summed E-state index contributed by atoms with van der Waals surface area (Å²) in [7, 11) is 0. The standard InChI is InChI=1S/C32H39N5O/c1-3-26-18-25(14-15-34-26)30-21(2)27(19-33)32(35-31(30)24-11-12-24)36-16-17-37(28(20-36)23-9-10-23)29(38)13-8-22-6-4-5-7-22/h3,14-15,18,22-24,28H,1,4-13,16-17,20H2,2H3/t28-/m0/s1. The Kier molecular flexibility index (Phi) is 6.95. The Morgan fingerprint density at radius 2 is 1.97 bits per heavy atom. The summed E-state index contributed by atoms with van der Waals surface area (Å²) in [6.45, 7) is 8.19. The zero-order chi connectivity index (χ0) is 26.2. The molecule has 1 aliphatic heterocycles. The van der Waals surface area contributed by atoms with Crippen LogP contribution in [0.1, 0.15) is 92.6 Å². The number of hydrogen-bond acceptors (Lipinski definition) is 5. The van der Waals surface area contributed by atoms with Gasteiger partial charge in [-0.25, -0.2) is 4.98 Å². The third kappa shape index (κ3) is 4.96. The minimum absolute atomic E-state index is 0.230. The van der Waals surface area contributed by atoms with E-state index >= 15 is 0 Å². The van der Waals surface area contributed by atoms with Gasteiger partial charge in [0.15, 0.2) is 0 Å². The number of piperazine rings is 1. The first-order valence-electron chi connectivity index (χ1n) is 14.6. The highest BCUT2D eigenvalue weighted by Gasteiger charge is 2.42. The van der Waals surface area contributed by atoms with E-state index in [9.17, 15) is 10.1 Å². The predicted molar refractivity (Wildman–Crippen MR) is 151 cm³/mol. The summed E-state index contributed by atoms with van der Waals surface area (Å²) in [6.07, 6.45) is 15.2. The number of nitriles is 1. The average Bonchev–Trinajstić information content (AvgIpc) is 3.89. The third-order valence-corrected chi connectivity index (χ3v) is 9.26. The molecule has 38 heavy (non-hydrogen) atoms. The normalized spacial score (nSPS) is 21.9. The van der Waals surface area contributed by atoms with Gasteiger partial charge in [-0.1, -0.05) is 32.3 Å². The number of pyridine rings is 2. The molecule has 0 radical (unpaired) electrons. The summed E-state index contributed by atoms with van der Waals surface area (Å²) in [5.74, 6) is 2.91. The highest BCUT2D eigenvalue weighted by atomic mass is 16.2. The Morgan fingerprint density at radius 1 is 1.18 bits per heavy atom. The summed E-state index contributed by atoms with van der Waals surface area (Å²) in [6, 6.07) is 6.80. The molecule has 6 rings (SSSR count). The van der Waals surface area contributed by atoms with Crippen molar-refractivity contribution in [2.24, 2.45) is 11.8 Å². The largest absolute Gasteiger partial charge is 0.352 e. The Morgan fingerprint density at radius 3 is 2.66 bits per heavy atom. The van der Waals surface area contributed by atoms with Crippen molar-refractivity contribution in [1.82, 2.24) is 14.9 Å². The van der Waals surface area contributed by atoms with Gasteiger partial charge in [0.1, 0.15) is 11.9 Å². The Hall–Kier alpha value is -3.20. The molecule has 1 saturated heterocycles. The van der Waals surface area contributed by atoms with Gasteiger partial charge in [0.05, 0.1) is 23.0 Å². The smallest absolute Gasteiger partial charge is 0.222 e. The number of aromatic nitrogens is 2. The van der Waals surface area contributed by atoms with Gasteiger partial charge in [0.25, 0.3) is 0 Å². The van der Waals surface area contributed by atoms with Gasteiger partial charge in [0.2, 0.25) is 5.91 Å². The van der Waals surface area contributed by atoms with Crippen LogP contribution in [0.3, 0.4) is 0 Å². The van der Waals surface area contributed by atoms with Gasteiger partial charge in [-0.15, -0.1) is 0 Å². The number of rotatable bonds is 8. The Labute approximate surface area is 226 Å². The van der Waals surface area contributed by atoms with Crippen LogP contribution in [-0.4, -0.2) is 46.5 Å². The number of hydrogen-bond donors (Lipinski definition) is 0. The monoisotopic (exact) mass is 509 g/mol. The van der Waals surface area contributed by atoms with Crippen LogP contribution in [0.2, 0.25) is 0 Å². The molecular weight excluding hydrogens is 470 g/mol. The second-order valence-electron chi connectivity index (χ2n) is 11.9. The topological polar surface area (TPSA) is 73.1 Å². The van der Waals surface area contributed by atoms with Crippen LogP contribution >= 0.6 is 0 Å². The molecule has 6 heteroatoms. The van der Waals surface area contributed by atoms with Crippen LogP contribution in [0.4, 0.5) is 5.82 Å². The van der Waals surface area contributed by atoms with Crippen molar-refractivity contribution < 1.29 is 4.79 Å². The summed E-state index contributed by atoms with van der Waals surface area (Å²) < 4.78 is 0. The van der Waals surface area contributed by atoms with E-state index < -0.39 is 0 Å². The van der Waals surface area contributed by atoms with Gasteiger partial charge in [-0.2, -0.15) is 5.26 Å². The van der Waals surface area contributed by atoms with E-state index in [2.05, 4.69) is 34.4 Å². The number of carbonyl (C=O) groups is 1. The van der Waals surface area contributed by atoms with Crippen LogP contribution < -0.4 is 4.90 Å². The molecule has 0 N–H and O–H groups in total. The van der Waals surface area contributed by atoms with E-state index in [4.69, 9.17) is 4.98 Å². The third-order valence-electron chi connectivity index (χ3n) is 9.26. The number of carbonyl (C=O) groups excluding carboxylic acids is 1. The van der Waals surface area contributed by atoms with Crippen molar-refractivity contribution in [3.05, 3.63) is 47.4 Å². The molecule has 0 unspecified atom stereocenters. The Balaban J connectivity index is 1.29. The molecule has 2 aromatic rings. The van der Waals surface area contributed by atoms with E-state index in [1.54, 1.807) is 6.08 Å². The van der Waals surface area contributed by atoms with E-state index in [0.29, 0.717) is 29.7 Å². The fourth-order valence-electron chi connectivity index (χ4n) is 6.77. The molecule has 3 aliphatic carbocycles. The first-order chi connectivity index (χ1) is 18.6. The lowest BCUT2D eigenvalue weighted by Crippen LogP contribution is -2.56. The van der Waals surface area contributed by atoms with Gasteiger partial charge in [-0.3, -0.25) is 9.78 Å². The first kappa shape index (κ1) is 25.1. The van der Waals surface area contributed by atoms with Crippen molar-refractivity contribution in [3.63, 3.8) is 0 Å². The van der Waals surface area contributed by atoms with Crippen LogP contribution in [-0.2, 0) is 4.79 Å².